The first kappa shape index (κ1) is 16.0. The number of nitrogens with one attached hydrogen (secondary N) is 1. The lowest BCUT2D eigenvalue weighted by Crippen LogP contribution is -2.40. The second-order valence-electron chi connectivity index (χ2n) is 7.08. The highest BCUT2D eigenvalue weighted by molar-refractivity contribution is 4.86. The molecule has 0 amide bonds. The zero-order chi connectivity index (χ0) is 13.6. The Labute approximate surface area is 115 Å². The van der Waals surface area contributed by atoms with Crippen molar-refractivity contribution in [2.45, 2.75) is 85.6 Å². The average molecular weight is 253 g/mol. The van der Waals surface area contributed by atoms with Gasteiger partial charge in [-0.05, 0) is 55.9 Å². The van der Waals surface area contributed by atoms with E-state index in [0.717, 1.165) is 24.4 Å². The molecule has 1 fully saturated rings. The van der Waals surface area contributed by atoms with Crippen molar-refractivity contribution in [3.8, 4) is 0 Å². The molecule has 0 spiro atoms. The summed E-state index contributed by atoms with van der Waals surface area (Å²) in [6, 6.07) is 0.774. The van der Waals surface area contributed by atoms with E-state index in [1.165, 1.54) is 44.9 Å². The van der Waals surface area contributed by atoms with Gasteiger partial charge in [0.05, 0.1) is 0 Å². The van der Waals surface area contributed by atoms with Gasteiger partial charge in [-0.25, -0.2) is 0 Å². The molecule has 1 unspecified atom stereocenters. The summed E-state index contributed by atoms with van der Waals surface area (Å²) in [5.74, 6) is 1.85. The molecule has 1 atom stereocenters. The molecule has 0 aromatic rings. The molecule has 0 radical (unpaired) electrons. The minimum absolute atomic E-state index is 0.599. The lowest BCUT2D eigenvalue weighted by molar-refractivity contribution is 0.149. The highest BCUT2D eigenvalue weighted by Crippen LogP contribution is 2.40. The quantitative estimate of drug-likeness (QED) is 0.672. The van der Waals surface area contributed by atoms with Gasteiger partial charge >= 0.3 is 0 Å². The molecule has 1 heteroatoms. The molecule has 0 aromatic carbocycles. The van der Waals surface area contributed by atoms with Crippen molar-refractivity contribution in [3.05, 3.63) is 0 Å². The van der Waals surface area contributed by atoms with Crippen molar-refractivity contribution in [3.63, 3.8) is 0 Å². The van der Waals surface area contributed by atoms with Gasteiger partial charge < -0.3 is 5.32 Å². The summed E-state index contributed by atoms with van der Waals surface area (Å²) >= 11 is 0. The third kappa shape index (κ3) is 4.91. The zero-order valence-corrected chi connectivity index (χ0v) is 13.4. The standard InChI is InChI=1S/C17H35N/c1-6-14(7-2)13-16(18-8-3)15-9-11-17(4,5)12-10-15/h14-16,18H,6-13H2,1-5H3. The Morgan fingerprint density at radius 3 is 2.06 bits per heavy atom. The van der Waals surface area contributed by atoms with Crippen LogP contribution in [0.5, 0.6) is 0 Å². The van der Waals surface area contributed by atoms with Crippen molar-refractivity contribution >= 4 is 0 Å². The molecule has 18 heavy (non-hydrogen) atoms. The van der Waals surface area contributed by atoms with Gasteiger partial charge in [0.1, 0.15) is 0 Å². The summed E-state index contributed by atoms with van der Waals surface area (Å²) in [6.45, 7) is 13.0. The van der Waals surface area contributed by atoms with E-state index >= 15 is 0 Å². The number of rotatable bonds is 7. The zero-order valence-electron chi connectivity index (χ0n) is 13.4. The number of hydrogen-bond donors (Lipinski definition) is 1. The van der Waals surface area contributed by atoms with E-state index in [1.807, 2.05) is 0 Å². The molecule has 1 nitrogen and oxygen atoms in total. The Bertz CT molecular complexity index is 208. The first-order valence-corrected chi connectivity index (χ1v) is 8.25. The normalized spacial score (nSPS) is 22.3. The first-order valence-electron chi connectivity index (χ1n) is 8.25. The van der Waals surface area contributed by atoms with Crippen LogP contribution in [0, 0.1) is 17.3 Å². The first-order chi connectivity index (χ1) is 8.52. The number of hydrogen-bond acceptors (Lipinski definition) is 1. The van der Waals surface area contributed by atoms with Crippen LogP contribution < -0.4 is 5.32 Å². The molecule has 1 saturated carbocycles. The third-order valence-corrected chi connectivity index (χ3v) is 5.16. The van der Waals surface area contributed by atoms with E-state index in [0.29, 0.717) is 5.41 Å². The Balaban J connectivity index is 2.51. The van der Waals surface area contributed by atoms with Gasteiger partial charge in [-0.2, -0.15) is 0 Å². The maximum absolute atomic E-state index is 3.78. The van der Waals surface area contributed by atoms with Crippen molar-refractivity contribution in [1.82, 2.24) is 5.32 Å². The molecule has 1 N–H and O–H groups in total. The average Bonchev–Trinajstić information content (AvgIpc) is 2.35. The SMILES string of the molecule is CCNC(CC(CC)CC)C1CCC(C)(C)CC1. The second kappa shape index (κ2) is 7.53. The van der Waals surface area contributed by atoms with Gasteiger partial charge in [0.15, 0.2) is 0 Å². The lowest BCUT2D eigenvalue weighted by atomic mass is 9.70. The van der Waals surface area contributed by atoms with Crippen LogP contribution in [-0.4, -0.2) is 12.6 Å². The highest BCUT2D eigenvalue weighted by Gasteiger charge is 2.31. The molecular weight excluding hydrogens is 218 g/mol. The van der Waals surface area contributed by atoms with Gasteiger partial charge in [0, 0.05) is 6.04 Å². The van der Waals surface area contributed by atoms with Gasteiger partial charge in [0.25, 0.3) is 0 Å². The fraction of sp³-hybridized carbons (Fsp3) is 1.00. The Morgan fingerprint density at radius 1 is 1.06 bits per heavy atom. The summed E-state index contributed by atoms with van der Waals surface area (Å²) in [5.41, 5.74) is 0.599. The van der Waals surface area contributed by atoms with E-state index in [4.69, 9.17) is 0 Å². The third-order valence-electron chi connectivity index (χ3n) is 5.16. The summed E-state index contributed by atoms with van der Waals surface area (Å²) in [4.78, 5) is 0. The van der Waals surface area contributed by atoms with E-state index in [2.05, 4.69) is 39.9 Å². The lowest BCUT2D eigenvalue weighted by Gasteiger charge is -2.39. The summed E-state index contributed by atoms with van der Waals surface area (Å²) < 4.78 is 0. The largest absolute Gasteiger partial charge is 0.314 e. The molecular formula is C17H35N. The predicted molar refractivity (Wildman–Crippen MR) is 81.9 cm³/mol. The maximum atomic E-state index is 3.78. The van der Waals surface area contributed by atoms with Crippen molar-refractivity contribution in [2.75, 3.05) is 6.54 Å². The van der Waals surface area contributed by atoms with E-state index in [1.54, 1.807) is 0 Å². The molecule has 0 bridgehead atoms. The van der Waals surface area contributed by atoms with Gasteiger partial charge in [0.2, 0.25) is 0 Å². The van der Waals surface area contributed by atoms with Gasteiger partial charge in [-0.3, -0.25) is 0 Å². The molecule has 0 saturated heterocycles. The monoisotopic (exact) mass is 253 g/mol. The minimum atomic E-state index is 0.599. The Kier molecular flexibility index (Phi) is 6.70. The second-order valence-corrected chi connectivity index (χ2v) is 7.08. The van der Waals surface area contributed by atoms with Gasteiger partial charge in [-0.1, -0.05) is 47.5 Å². The van der Waals surface area contributed by atoms with Crippen LogP contribution in [-0.2, 0) is 0 Å². The fourth-order valence-corrected chi connectivity index (χ4v) is 3.51. The molecule has 1 aliphatic rings. The van der Waals surface area contributed by atoms with E-state index < -0.39 is 0 Å². The van der Waals surface area contributed by atoms with E-state index in [-0.39, 0.29) is 0 Å². The topological polar surface area (TPSA) is 12.0 Å². The van der Waals surface area contributed by atoms with E-state index in [9.17, 15) is 0 Å². The van der Waals surface area contributed by atoms with Crippen LogP contribution in [0.15, 0.2) is 0 Å². The van der Waals surface area contributed by atoms with Crippen LogP contribution in [0.1, 0.15) is 79.6 Å². The van der Waals surface area contributed by atoms with Crippen LogP contribution in [0.4, 0.5) is 0 Å². The molecule has 108 valence electrons. The Hall–Kier alpha value is -0.0400. The van der Waals surface area contributed by atoms with Crippen LogP contribution in [0.2, 0.25) is 0 Å². The maximum Gasteiger partial charge on any atom is 0.00978 e. The molecule has 0 aromatic heterocycles. The van der Waals surface area contributed by atoms with Crippen LogP contribution >= 0.6 is 0 Å². The highest BCUT2D eigenvalue weighted by atomic mass is 14.9. The van der Waals surface area contributed by atoms with Crippen LogP contribution in [0.25, 0.3) is 0 Å². The molecule has 0 heterocycles. The smallest absolute Gasteiger partial charge is 0.00978 e. The summed E-state index contributed by atoms with van der Waals surface area (Å²) in [6.07, 6.45) is 9.79. The Morgan fingerprint density at radius 2 is 1.61 bits per heavy atom. The summed E-state index contributed by atoms with van der Waals surface area (Å²) in [5, 5.41) is 3.78. The molecule has 1 aliphatic carbocycles. The van der Waals surface area contributed by atoms with Crippen LogP contribution in [0.3, 0.4) is 0 Å². The van der Waals surface area contributed by atoms with Crippen molar-refractivity contribution < 1.29 is 0 Å². The predicted octanol–water partition coefficient (Wildman–Crippen LogP) is 5.01. The molecule has 1 rings (SSSR count). The summed E-state index contributed by atoms with van der Waals surface area (Å²) in [7, 11) is 0. The minimum Gasteiger partial charge on any atom is -0.314 e. The van der Waals surface area contributed by atoms with Crippen molar-refractivity contribution in [2.24, 2.45) is 17.3 Å². The van der Waals surface area contributed by atoms with Crippen molar-refractivity contribution in [1.29, 1.82) is 0 Å². The fourth-order valence-electron chi connectivity index (χ4n) is 3.51. The van der Waals surface area contributed by atoms with Gasteiger partial charge in [-0.15, -0.1) is 0 Å². The molecule has 0 aliphatic heterocycles.